The number of carbonyl (C=O) groups excluding carboxylic acids is 1. The molecule has 0 saturated heterocycles. The summed E-state index contributed by atoms with van der Waals surface area (Å²) in [4.78, 5) is 17.1. The number of pyridine rings is 1. The van der Waals surface area contributed by atoms with Crippen LogP contribution >= 0.6 is 11.3 Å². The molecule has 1 amide bonds. The van der Waals surface area contributed by atoms with Crippen LogP contribution in [0.2, 0.25) is 0 Å². The first kappa shape index (κ1) is 13.3. The highest BCUT2D eigenvalue weighted by atomic mass is 32.1. The monoisotopic (exact) mass is 271 g/mol. The van der Waals surface area contributed by atoms with E-state index in [1.807, 2.05) is 17.5 Å². The van der Waals surface area contributed by atoms with E-state index < -0.39 is 0 Å². The Balaban J connectivity index is 2.00. The Hall–Kier alpha value is -2.16. The van der Waals surface area contributed by atoms with Crippen molar-refractivity contribution < 1.29 is 4.79 Å². The summed E-state index contributed by atoms with van der Waals surface area (Å²) in [6, 6.07) is 9.17. The molecule has 0 atom stereocenters. The van der Waals surface area contributed by atoms with Crippen molar-refractivity contribution in [3.63, 3.8) is 0 Å². The molecule has 2 rings (SSSR count). The summed E-state index contributed by atoms with van der Waals surface area (Å²) in [5.41, 5.74) is 5.90. The number of thiophene rings is 1. The molecular weight excluding hydrogens is 258 g/mol. The molecule has 2 aromatic heterocycles. The number of nitrogens with one attached hydrogen (secondary N) is 1. The van der Waals surface area contributed by atoms with Crippen LogP contribution in [0.15, 0.2) is 35.7 Å². The van der Waals surface area contributed by atoms with E-state index in [0.717, 1.165) is 4.88 Å². The minimum atomic E-state index is -0.0844. The Morgan fingerprint density at radius 3 is 3.00 bits per heavy atom. The second-order valence-corrected chi connectivity index (χ2v) is 4.75. The Bertz CT molecular complexity index is 611. The summed E-state index contributed by atoms with van der Waals surface area (Å²) >= 11 is 1.56. The van der Waals surface area contributed by atoms with E-state index in [4.69, 9.17) is 5.73 Å². The third-order valence-electron chi connectivity index (χ3n) is 2.25. The summed E-state index contributed by atoms with van der Waals surface area (Å²) in [5.74, 6) is 5.97. The third kappa shape index (κ3) is 4.21. The molecule has 0 fully saturated rings. The van der Waals surface area contributed by atoms with Gasteiger partial charge < -0.3 is 11.1 Å². The van der Waals surface area contributed by atoms with Gasteiger partial charge in [-0.1, -0.05) is 18.1 Å². The Labute approximate surface area is 115 Å². The lowest BCUT2D eigenvalue weighted by molar-refractivity contribution is -0.115. The zero-order chi connectivity index (χ0) is 13.5. The highest BCUT2D eigenvalue weighted by Crippen LogP contribution is 2.10. The molecule has 0 saturated carbocycles. The third-order valence-corrected chi connectivity index (χ3v) is 3.13. The molecule has 0 unspecified atom stereocenters. The number of carbonyl (C=O) groups is 1. The van der Waals surface area contributed by atoms with E-state index in [-0.39, 0.29) is 12.5 Å². The second kappa shape index (κ2) is 6.69. The fraction of sp³-hybridized carbons (Fsp3) is 0.143. The molecule has 2 heterocycles. The molecule has 0 aliphatic carbocycles. The summed E-state index contributed by atoms with van der Waals surface area (Å²) in [6.45, 7) is 0.288. The molecule has 0 spiro atoms. The zero-order valence-electron chi connectivity index (χ0n) is 10.2. The number of hydrogen-bond donors (Lipinski definition) is 2. The lowest BCUT2D eigenvalue weighted by atomic mass is 10.3. The van der Waals surface area contributed by atoms with Gasteiger partial charge in [0.05, 0.1) is 13.0 Å². The predicted molar refractivity (Wildman–Crippen MR) is 76.8 cm³/mol. The first-order valence-corrected chi connectivity index (χ1v) is 6.64. The molecule has 0 bridgehead atoms. The highest BCUT2D eigenvalue weighted by molar-refractivity contribution is 7.10. The molecule has 0 radical (unpaired) electrons. The smallest absolute Gasteiger partial charge is 0.230 e. The predicted octanol–water partition coefficient (Wildman–Crippen LogP) is 1.63. The van der Waals surface area contributed by atoms with Crippen molar-refractivity contribution in [2.45, 2.75) is 6.42 Å². The summed E-state index contributed by atoms with van der Waals surface area (Å²) < 4.78 is 0. The normalized spacial score (nSPS) is 9.53. The van der Waals surface area contributed by atoms with Crippen LogP contribution in [0.1, 0.15) is 10.6 Å². The molecule has 0 aromatic carbocycles. The number of aromatic nitrogens is 1. The van der Waals surface area contributed by atoms with Gasteiger partial charge >= 0.3 is 0 Å². The summed E-state index contributed by atoms with van der Waals surface area (Å²) in [6.07, 6.45) is 0.359. The number of hydrogen-bond acceptors (Lipinski definition) is 4. The fourth-order valence-electron chi connectivity index (χ4n) is 1.47. The largest absolute Gasteiger partial charge is 0.320 e. The number of anilines is 1. The van der Waals surface area contributed by atoms with Crippen molar-refractivity contribution >= 4 is 23.1 Å². The Morgan fingerprint density at radius 2 is 2.26 bits per heavy atom. The Kier molecular flexibility index (Phi) is 4.67. The molecular formula is C14H13N3OS. The number of nitrogens with two attached hydrogens (primary N) is 1. The highest BCUT2D eigenvalue weighted by Gasteiger charge is 2.05. The van der Waals surface area contributed by atoms with Crippen molar-refractivity contribution in [2.75, 3.05) is 11.9 Å². The van der Waals surface area contributed by atoms with Gasteiger partial charge in [-0.25, -0.2) is 4.98 Å². The average Bonchev–Trinajstić information content (AvgIpc) is 2.89. The minimum absolute atomic E-state index is 0.0844. The van der Waals surface area contributed by atoms with Gasteiger partial charge in [0.2, 0.25) is 5.91 Å². The molecule has 0 aliphatic heterocycles. The van der Waals surface area contributed by atoms with E-state index in [1.165, 1.54) is 0 Å². The lowest BCUT2D eigenvalue weighted by Crippen LogP contribution is -2.14. The second-order valence-electron chi connectivity index (χ2n) is 3.72. The van der Waals surface area contributed by atoms with Gasteiger partial charge in [0.1, 0.15) is 11.5 Å². The van der Waals surface area contributed by atoms with E-state index in [0.29, 0.717) is 17.9 Å². The number of nitrogens with zero attached hydrogens (tertiary/aromatic N) is 1. The molecule has 5 heteroatoms. The Morgan fingerprint density at radius 1 is 1.37 bits per heavy atom. The van der Waals surface area contributed by atoms with Gasteiger partial charge in [-0.3, -0.25) is 4.79 Å². The van der Waals surface area contributed by atoms with Gasteiger partial charge in [0.25, 0.3) is 0 Å². The lowest BCUT2D eigenvalue weighted by Gasteiger charge is -2.03. The van der Waals surface area contributed by atoms with Crippen LogP contribution in [0, 0.1) is 11.8 Å². The van der Waals surface area contributed by atoms with Crippen molar-refractivity contribution in [3.05, 3.63) is 46.3 Å². The summed E-state index contributed by atoms with van der Waals surface area (Å²) in [5, 5.41) is 4.70. The van der Waals surface area contributed by atoms with Crippen molar-refractivity contribution in [1.82, 2.24) is 4.98 Å². The molecule has 4 nitrogen and oxygen atoms in total. The maximum atomic E-state index is 11.8. The van der Waals surface area contributed by atoms with Crippen LogP contribution in [0.4, 0.5) is 5.82 Å². The molecule has 96 valence electrons. The average molecular weight is 271 g/mol. The topological polar surface area (TPSA) is 68.0 Å². The van der Waals surface area contributed by atoms with E-state index >= 15 is 0 Å². The van der Waals surface area contributed by atoms with Gasteiger partial charge in [-0.15, -0.1) is 11.3 Å². The SMILES string of the molecule is NCC#Cc1cccc(NC(=O)Cc2cccs2)n1. The van der Waals surface area contributed by atoms with Crippen molar-refractivity contribution in [1.29, 1.82) is 0 Å². The first-order chi connectivity index (χ1) is 9.28. The van der Waals surface area contributed by atoms with Crippen LogP contribution in [-0.2, 0) is 11.2 Å². The van der Waals surface area contributed by atoms with E-state index in [9.17, 15) is 4.79 Å². The van der Waals surface area contributed by atoms with Gasteiger partial charge in [-0.2, -0.15) is 0 Å². The standard InChI is InChI=1S/C14H13N3OS/c15-8-2-5-11-4-1-7-13(16-11)17-14(18)10-12-6-3-9-19-12/h1,3-4,6-7,9H,8,10,15H2,(H,16,17,18). The number of amides is 1. The van der Waals surface area contributed by atoms with Crippen LogP contribution in [0.3, 0.4) is 0 Å². The van der Waals surface area contributed by atoms with Crippen LogP contribution in [0.25, 0.3) is 0 Å². The molecule has 0 aliphatic rings. The van der Waals surface area contributed by atoms with Gasteiger partial charge in [-0.05, 0) is 29.5 Å². The van der Waals surface area contributed by atoms with Crippen molar-refractivity contribution in [2.24, 2.45) is 5.73 Å². The van der Waals surface area contributed by atoms with Gasteiger partial charge in [0, 0.05) is 4.88 Å². The van der Waals surface area contributed by atoms with Crippen molar-refractivity contribution in [3.8, 4) is 11.8 Å². The van der Waals surface area contributed by atoms with Crippen LogP contribution in [-0.4, -0.2) is 17.4 Å². The van der Waals surface area contributed by atoms with E-state index in [1.54, 1.807) is 29.5 Å². The van der Waals surface area contributed by atoms with Crippen LogP contribution < -0.4 is 11.1 Å². The maximum absolute atomic E-state index is 11.8. The fourth-order valence-corrected chi connectivity index (χ4v) is 2.18. The molecule has 19 heavy (non-hydrogen) atoms. The minimum Gasteiger partial charge on any atom is -0.320 e. The van der Waals surface area contributed by atoms with Gasteiger partial charge in [0.15, 0.2) is 0 Å². The molecule has 3 N–H and O–H groups in total. The van der Waals surface area contributed by atoms with Crippen LogP contribution in [0.5, 0.6) is 0 Å². The number of rotatable bonds is 3. The molecule has 2 aromatic rings. The first-order valence-electron chi connectivity index (χ1n) is 5.76. The maximum Gasteiger partial charge on any atom is 0.230 e. The summed E-state index contributed by atoms with van der Waals surface area (Å²) in [7, 11) is 0. The van der Waals surface area contributed by atoms with E-state index in [2.05, 4.69) is 22.1 Å². The zero-order valence-corrected chi connectivity index (χ0v) is 11.0. The quantitative estimate of drug-likeness (QED) is 0.834.